The number of carbonyl (C=O) groups is 2. The van der Waals surface area contributed by atoms with Crippen LogP contribution in [0.4, 0.5) is 30.9 Å². The molecule has 2 aliphatic rings. The molecule has 0 aromatic carbocycles. The summed E-state index contributed by atoms with van der Waals surface area (Å²) in [5.74, 6) is -0.236. The van der Waals surface area contributed by atoms with Gasteiger partial charge in [0.05, 0.1) is 18.3 Å². The molecule has 0 spiro atoms. The van der Waals surface area contributed by atoms with Crippen molar-refractivity contribution in [3.8, 4) is 0 Å². The number of anilines is 3. The van der Waals surface area contributed by atoms with Crippen molar-refractivity contribution in [2.24, 2.45) is 0 Å². The standard InChI is InChI=1S/C25H29F2N7O4/c1-25(2,3)38-24(37)32(4)20-11-19(29-17-6-5-9-33(23(17)36)18-10-15(18)27)31-21-13(12-28-34(20)21)22(35)30-16-8-7-14(16)26/h5-6,9,11-12,14-16,18H,7-8,10H2,1-4H3,(H,29,31)(H,30,35)/t14-,15-,16?,18?/m0/s1. The summed E-state index contributed by atoms with van der Waals surface area (Å²) in [6, 6.07) is 3.52. The number of rotatable bonds is 6. The zero-order valence-electron chi connectivity index (χ0n) is 21.4. The Morgan fingerprint density at radius 1 is 1.21 bits per heavy atom. The number of nitrogens with zero attached hydrogens (tertiary/aromatic N) is 5. The smallest absolute Gasteiger partial charge is 0.415 e. The maximum Gasteiger partial charge on any atom is 0.415 e. The topological polar surface area (TPSA) is 123 Å². The van der Waals surface area contributed by atoms with Crippen LogP contribution in [0.3, 0.4) is 0 Å². The van der Waals surface area contributed by atoms with Crippen LogP contribution < -0.4 is 21.1 Å². The second-order valence-corrected chi connectivity index (χ2v) is 10.6. The average molecular weight is 530 g/mol. The predicted octanol–water partition coefficient (Wildman–Crippen LogP) is 3.52. The molecule has 202 valence electrons. The van der Waals surface area contributed by atoms with E-state index in [1.807, 2.05) is 0 Å². The number of hydrogen-bond acceptors (Lipinski definition) is 7. The van der Waals surface area contributed by atoms with E-state index >= 15 is 0 Å². The van der Waals surface area contributed by atoms with E-state index in [1.165, 1.54) is 45.6 Å². The molecule has 0 bridgehead atoms. The number of nitrogens with one attached hydrogen (secondary N) is 2. The number of pyridine rings is 1. The largest absolute Gasteiger partial charge is 0.443 e. The Bertz CT molecular complexity index is 1460. The molecule has 3 aromatic heterocycles. The molecular formula is C25H29F2N7O4. The van der Waals surface area contributed by atoms with E-state index in [9.17, 15) is 23.2 Å². The minimum Gasteiger partial charge on any atom is -0.443 e. The van der Waals surface area contributed by atoms with Gasteiger partial charge < -0.3 is 19.9 Å². The molecule has 2 aliphatic carbocycles. The highest BCUT2D eigenvalue weighted by Crippen LogP contribution is 2.38. The third-order valence-corrected chi connectivity index (χ3v) is 6.49. The fourth-order valence-electron chi connectivity index (χ4n) is 4.15. The van der Waals surface area contributed by atoms with Crippen LogP contribution in [0, 0.1) is 0 Å². The van der Waals surface area contributed by atoms with E-state index in [-0.39, 0.29) is 35.0 Å². The van der Waals surface area contributed by atoms with E-state index in [0.29, 0.717) is 12.8 Å². The molecular weight excluding hydrogens is 500 g/mol. The van der Waals surface area contributed by atoms with E-state index in [4.69, 9.17) is 4.74 Å². The summed E-state index contributed by atoms with van der Waals surface area (Å²) in [6.45, 7) is 5.18. The van der Waals surface area contributed by atoms with Crippen LogP contribution in [-0.2, 0) is 4.74 Å². The molecule has 0 aliphatic heterocycles. The summed E-state index contributed by atoms with van der Waals surface area (Å²) >= 11 is 0. The highest BCUT2D eigenvalue weighted by Gasteiger charge is 2.40. The van der Waals surface area contributed by atoms with E-state index < -0.39 is 47.6 Å². The van der Waals surface area contributed by atoms with E-state index in [2.05, 4.69) is 20.7 Å². The lowest BCUT2D eigenvalue weighted by Gasteiger charge is -2.30. The van der Waals surface area contributed by atoms with E-state index in [1.54, 1.807) is 26.8 Å². The summed E-state index contributed by atoms with van der Waals surface area (Å²) in [6.07, 6.45) is 1.12. The van der Waals surface area contributed by atoms with Gasteiger partial charge >= 0.3 is 6.09 Å². The number of carbonyl (C=O) groups excluding carboxylic acids is 2. The number of fused-ring (bicyclic) bond motifs is 1. The van der Waals surface area contributed by atoms with Crippen molar-refractivity contribution in [2.45, 2.75) is 70.1 Å². The Labute approximate surface area is 216 Å². The van der Waals surface area contributed by atoms with Crippen molar-refractivity contribution in [3.05, 3.63) is 46.5 Å². The van der Waals surface area contributed by atoms with Crippen LogP contribution in [0.5, 0.6) is 0 Å². The van der Waals surface area contributed by atoms with E-state index in [0.717, 1.165) is 0 Å². The lowest BCUT2D eigenvalue weighted by Crippen LogP contribution is -2.48. The van der Waals surface area contributed by atoms with Crippen LogP contribution in [-0.4, -0.2) is 62.2 Å². The minimum atomic E-state index is -1.12. The van der Waals surface area contributed by atoms with Gasteiger partial charge in [0.25, 0.3) is 11.5 Å². The molecule has 2 amide bonds. The molecule has 2 fully saturated rings. The number of alkyl halides is 2. The van der Waals surface area contributed by atoms with Gasteiger partial charge in [-0.25, -0.2) is 18.6 Å². The Morgan fingerprint density at radius 3 is 2.55 bits per heavy atom. The van der Waals surface area contributed by atoms with Crippen LogP contribution in [0.15, 0.2) is 35.4 Å². The lowest BCUT2D eigenvalue weighted by molar-refractivity contribution is 0.0587. The number of halogens is 2. The Morgan fingerprint density at radius 2 is 1.95 bits per heavy atom. The fraction of sp³-hybridized carbons (Fsp3) is 0.480. The Hall–Kier alpha value is -4.03. The molecule has 0 radical (unpaired) electrons. The van der Waals surface area contributed by atoms with Crippen molar-refractivity contribution < 1.29 is 23.1 Å². The second kappa shape index (κ2) is 9.37. The number of amides is 2. The van der Waals surface area contributed by atoms with Crippen LogP contribution in [0.2, 0.25) is 0 Å². The van der Waals surface area contributed by atoms with Gasteiger partial charge in [0.15, 0.2) is 5.65 Å². The normalized spacial score (nSPS) is 22.5. The molecule has 38 heavy (non-hydrogen) atoms. The van der Waals surface area contributed by atoms with Crippen LogP contribution in [0.25, 0.3) is 5.65 Å². The van der Waals surface area contributed by atoms with Gasteiger partial charge in [-0.05, 0) is 45.7 Å². The average Bonchev–Trinajstić information content (AvgIpc) is 3.41. The monoisotopic (exact) mass is 529 g/mol. The third-order valence-electron chi connectivity index (χ3n) is 6.49. The molecule has 2 N–H and O–H groups in total. The van der Waals surface area contributed by atoms with Crippen molar-refractivity contribution in [1.29, 1.82) is 0 Å². The first-order valence-corrected chi connectivity index (χ1v) is 12.4. The zero-order chi connectivity index (χ0) is 27.4. The first-order chi connectivity index (χ1) is 17.9. The van der Waals surface area contributed by atoms with Crippen molar-refractivity contribution >= 4 is 35.0 Å². The third kappa shape index (κ3) is 4.92. The van der Waals surface area contributed by atoms with Crippen molar-refractivity contribution in [1.82, 2.24) is 24.5 Å². The maximum atomic E-state index is 13.8. The molecule has 2 unspecified atom stereocenters. The molecule has 11 nitrogen and oxygen atoms in total. The summed E-state index contributed by atoms with van der Waals surface area (Å²) in [4.78, 5) is 44.5. The van der Waals surface area contributed by atoms with Crippen LogP contribution >= 0.6 is 0 Å². The highest BCUT2D eigenvalue weighted by molar-refractivity contribution is 6.00. The summed E-state index contributed by atoms with van der Waals surface area (Å²) in [5, 5.41) is 9.83. The molecule has 4 atom stereocenters. The summed E-state index contributed by atoms with van der Waals surface area (Å²) < 4.78 is 35.5. The lowest BCUT2D eigenvalue weighted by atomic mass is 9.90. The molecule has 5 rings (SSSR count). The molecule has 13 heteroatoms. The van der Waals surface area contributed by atoms with Crippen molar-refractivity contribution in [3.63, 3.8) is 0 Å². The second-order valence-electron chi connectivity index (χ2n) is 10.6. The SMILES string of the molecule is CN(C(=O)OC(C)(C)C)c1cc(Nc2cccn(C3C[C@@H]3F)c2=O)nc2c(C(=O)NC3CC[C@@H]3F)cnn12. The quantitative estimate of drug-likeness (QED) is 0.501. The molecule has 2 saturated carbocycles. The highest BCUT2D eigenvalue weighted by atomic mass is 19.1. The fourth-order valence-corrected chi connectivity index (χ4v) is 4.15. The van der Waals surface area contributed by atoms with Gasteiger partial charge in [0.1, 0.15) is 40.8 Å². The van der Waals surface area contributed by atoms with Gasteiger partial charge in [0.2, 0.25) is 0 Å². The van der Waals surface area contributed by atoms with Crippen molar-refractivity contribution in [2.75, 3.05) is 17.3 Å². The molecule has 3 heterocycles. The summed E-state index contributed by atoms with van der Waals surface area (Å²) in [5.41, 5.74) is -0.933. The number of ether oxygens (including phenoxy) is 1. The molecule has 3 aromatic rings. The number of hydrogen-bond donors (Lipinski definition) is 2. The summed E-state index contributed by atoms with van der Waals surface area (Å²) in [7, 11) is 1.47. The zero-order valence-corrected chi connectivity index (χ0v) is 21.4. The van der Waals surface area contributed by atoms with Crippen LogP contribution in [0.1, 0.15) is 56.4 Å². The maximum absolute atomic E-state index is 13.8. The first-order valence-electron chi connectivity index (χ1n) is 12.4. The van der Waals surface area contributed by atoms with Gasteiger partial charge in [-0.3, -0.25) is 14.5 Å². The molecule has 0 saturated heterocycles. The number of aromatic nitrogens is 4. The van der Waals surface area contributed by atoms with Gasteiger partial charge in [-0.1, -0.05) is 0 Å². The van der Waals surface area contributed by atoms with Gasteiger partial charge in [-0.15, -0.1) is 0 Å². The predicted molar refractivity (Wildman–Crippen MR) is 136 cm³/mol. The van der Waals surface area contributed by atoms with Gasteiger partial charge in [-0.2, -0.15) is 9.61 Å². The van der Waals surface area contributed by atoms with Gasteiger partial charge in [0, 0.05) is 25.7 Å². The Balaban J connectivity index is 1.55. The Kier molecular flexibility index (Phi) is 6.32. The first kappa shape index (κ1) is 25.6. The minimum absolute atomic E-state index is 0.0651.